The van der Waals surface area contributed by atoms with Crippen molar-refractivity contribution in [1.29, 1.82) is 0 Å². The fourth-order valence-electron chi connectivity index (χ4n) is 3.46. The predicted octanol–water partition coefficient (Wildman–Crippen LogP) is 0.672. The summed E-state index contributed by atoms with van der Waals surface area (Å²) >= 11 is 1.68. The zero-order chi connectivity index (χ0) is 15.2. The van der Waals surface area contributed by atoms with Crippen molar-refractivity contribution in [2.75, 3.05) is 26.2 Å². The van der Waals surface area contributed by atoms with Gasteiger partial charge in [0.1, 0.15) is 5.01 Å². The van der Waals surface area contributed by atoms with Crippen LogP contribution in [0.1, 0.15) is 17.8 Å². The third-order valence-electron chi connectivity index (χ3n) is 4.87. The second-order valence-electron chi connectivity index (χ2n) is 6.51. The maximum Gasteiger partial charge on any atom is 0.214 e. The van der Waals surface area contributed by atoms with Crippen molar-refractivity contribution in [3.63, 3.8) is 0 Å². The number of nitrogens with zero attached hydrogens (tertiary/aromatic N) is 2. The number of rotatable bonds is 6. The molecule has 6 nitrogen and oxygen atoms in total. The normalized spacial score (nSPS) is 32.5. The van der Waals surface area contributed by atoms with Crippen molar-refractivity contribution in [3.8, 4) is 0 Å². The van der Waals surface area contributed by atoms with Crippen molar-refractivity contribution >= 4 is 21.4 Å². The van der Waals surface area contributed by atoms with Crippen molar-refractivity contribution in [2.24, 2.45) is 11.8 Å². The van der Waals surface area contributed by atoms with Crippen molar-refractivity contribution in [1.82, 2.24) is 14.6 Å². The van der Waals surface area contributed by atoms with Crippen LogP contribution in [0.4, 0.5) is 0 Å². The second kappa shape index (κ2) is 5.83. The van der Waals surface area contributed by atoms with E-state index in [9.17, 15) is 8.42 Å². The first-order chi connectivity index (χ1) is 10.6. The van der Waals surface area contributed by atoms with E-state index in [4.69, 9.17) is 4.74 Å². The lowest BCUT2D eigenvalue weighted by Gasteiger charge is -2.19. The number of hydrogen-bond donors (Lipinski definition) is 1. The molecule has 1 saturated carbocycles. The molecule has 2 saturated heterocycles. The van der Waals surface area contributed by atoms with E-state index in [2.05, 4.69) is 14.6 Å². The summed E-state index contributed by atoms with van der Waals surface area (Å²) in [6.45, 7) is 3.96. The van der Waals surface area contributed by atoms with Crippen molar-refractivity contribution < 1.29 is 13.2 Å². The summed E-state index contributed by atoms with van der Waals surface area (Å²) in [5.41, 5.74) is 0. The van der Waals surface area contributed by atoms with Gasteiger partial charge < -0.3 is 4.74 Å². The van der Waals surface area contributed by atoms with Crippen LogP contribution in [-0.2, 0) is 21.3 Å². The fraction of sp³-hybridized carbons (Fsp3) is 0.786. The van der Waals surface area contributed by atoms with Gasteiger partial charge in [-0.05, 0) is 12.8 Å². The minimum atomic E-state index is -3.09. The molecule has 2 aliphatic heterocycles. The number of fused-ring (bicyclic) bond motifs is 1. The fourth-order valence-corrected chi connectivity index (χ4v) is 5.56. The quantitative estimate of drug-likeness (QED) is 0.822. The standard InChI is InChI=1S/C14H21N3O3S2/c18-22(19,11-1-2-11)16-5-10-9-20-13-7-17(6-12(10)13)8-14-15-3-4-21-14/h3-4,10-13,16H,1-2,5-9H2/t10-,12+,13+/m0/s1. The SMILES string of the molecule is O=S(=O)(NC[C@H]1CO[C@@H]2CN(Cc3nccs3)C[C@H]12)C1CC1. The Kier molecular flexibility index (Phi) is 3.98. The predicted molar refractivity (Wildman–Crippen MR) is 84.1 cm³/mol. The van der Waals surface area contributed by atoms with E-state index in [1.54, 1.807) is 11.3 Å². The number of thiazole rings is 1. The van der Waals surface area contributed by atoms with Gasteiger partial charge in [-0.1, -0.05) is 0 Å². The number of aromatic nitrogens is 1. The van der Waals surface area contributed by atoms with Crippen LogP contribution < -0.4 is 4.72 Å². The molecule has 3 fully saturated rings. The zero-order valence-corrected chi connectivity index (χ0v) is 14.0. The first-order valence-electron chi connectivity index (χ1n) is 7.82. The highest BCUT2D eigenvalue weighted by Gasteiger charge is 2.44. The summed E-state index contributed by atoms with van der Waals surface area (Å²) in [6, 6.07) is 0. The maximum atomic E-state index is 11.9. The van der Waals surface area contributed by atoms with Crippen LogP contribution in [0.25, 0.3) is 0 Å². The minimum absolute atomic E-state index is 0.143. The van der Waals surface area contributed by atoms with Crippen molar-refractivity contribution in [2.45, 2.75) is 30.7 Å². The smallest absolute Gasteiger partial charge is 0.214 e. The van der Waals surface area contributed by atoms with Gasteiger partial charge in [0, 0.05) is 43.0 Å². The minimum Gasteiger partial charge on any atom is -0.376 e. The lowest BCUT2D eigenvalue weighted by Crippen LogP contribution is -2.35. The Morgan fingerprint density at radius 2 is 2.27 bits per heavy atom. The summed E-state index contributed by atoms with van der Waals surface area (Å²) < 4.78 is 32.6. The molecule has 4 rings (SSSR count). The highest BCUT2D eigenvalue weighted by atomic mass is 32.2. The van der Waals surface area contributed by atoms with E-state index in [1.807, 2.05) is 11.6 Å². The first-order valence-corrected chi connectivity index (χ1v) is 10.3. The topological polar surface area (TPSA) is 71.5 Å². The molecule has 8 heteroatoms. The number of hydrogen-bond acceptors (Lipinski definition) is 6. The Hall–Kier alpha value is -0.540. The van der Waals surface area contributed by atoms with Gasteiger partial charge in [0.25, 0.3) is 0 Å². The molecule has 0 spiro atoms. The average molecular weight is 343 g/mol. The summed E-state index contributed by atoms with van der Waals surface area (Å²) in [4.78, 5) is 6.70. The molecule has 0 unspecified atom stereocenters. The summed E-state index contributed by atoms with van der Waals surface area (Å²) in [5, 5.41) is 2.99. The molecule has 1 aromatic rings. The van der Waals surface area contributed by atoms with Gasteiger partial charge >= 0.3 is 0 Å². The van der Waals surface area contributed by atoms with Gasteiger partial charge in [-0.25, -0.2) is 18.1 Å². The van der Waals surface area contributed by atoms with Crippen LogP contribution in [0.5, 0.6) is 0 Å². The van der Waals surface area contributed by atoms with Crippen LogP contribution in [0.2, 0.25) is 0 Å². The van der Waals surface area contributed by atoms with Crippen LogP contribution in [0.15, 0.2) is 11.6 Å². The Morgan fingerprint density at radius 1 is 1.41 bits per heavy atom. The Balaban J connectivity index is 1.32. The highest BCUT2D eigenvalue weighted by molar-refractivity contribution is 7.90. The monoisotopic (exact) mass is 343 g/mol. The molecule has 1 aliphatic carbocycles. The Labute approximate surface area is 134 Å². The molecular weight excluding hydrogens is 322 g/mol. The number of ether oxygens (including phenoxy) is 1. The van der Waals surface area contributed by atoms with Crippen LogP contribution in [0, 0.1) is 11.8 Å². The summed E-state index contributed by atoms with van der Waals surface area (Å²) in [7, 11) is -3.09. The molecule has 0 amide bonds. The lowest BCUT2D eigenvalue weighted by atomic mass is 9.93. The van der Waals surface area contributed by atoms with E-state index in [0.29, 0.717) is 25.0 Å². The van der Waals surface area contributed by atoms with E-state index < -0.39 is 10.0 Å². The van der Waals surface area contributed by atoms with Crippen LogP contribution in [-0.4, -0.2) is 55.9 Å². The van der Waals surface area contributed by atoms with Crippen LogP contribution in [0.3, 0.4) is 0 Å². The molecule has 22 heavy (non-hydrogen) atoms. The molecule has 0 bridgehead atoms. The van der Waals surface area contributed by atoms with Gasteiger partial charge in [0.15, 0.2) is 0 Å². The van der Waals surface area contributed by atoms with E-state index in [-0.39, 0.29) is 11.4 Å². The van der Waals surface area contributed by atoms with Gasteiger partial charge in [0.05, 0.1) is 24.5 Å². The number of nitrogens with one attached hydrogen (secondary N) is 1. The van der Waals surface area contributed by atoms with E-state index in [1.165, 1.54) is 0 Å². The molecule has 3 heterocycles. The average Bonchev–Trinajstić information content (AvgIpc) is 2.92. The van der Waals surface area contributed by atoms with E-state index >= 15 is 0 Å². The molecule has 0 aromatic carbocycles. The van der Waals surface area contributed by atoms with Crippen LogP contribution >= 0.6 is 11.3 Å². The lowest BCUT2D eigenvalue weighted by molar-refractivity contribution is 0.0942. The van der Waals surface area contributed by atoms with Gasteiger partial charge in [0.2, 0.25) is 10.0 Å². The molecule has 1 N–H and O–H groups in total. The Bertz CT molecular complexity index is 615. The number of sulfonamides is 1. The zero-order valence-electron chi connectivity index (χ0n) is 12.3. The van der Waals surface area contributed by atoms with Crippen molar-refractivity contribution in [3.05, 3.63) is 16.6 Å². The molecule has 1 aromatic heterocycles. The molecular formula is C14H21N3O3S2. The van der Waals surface area contributed by atoms with E-state index in [0.717, 1.165) is 37.5 Å². The Morgan fingerprint density at radius 3 is 3.00 bits per heavy atom. The maximum absolute atomic E-state index is 11.9. The third kappa shape index (κ3) is 3.07. The second-order valence-corrected chi connectivity index (χ2v) is 9.53. The number of likely N-dealkylation sites (tertiary alicyclic amines) is 1. The van der Waals surface area contributed by atoms with Gasteiger partial charge in [-0.2, -0.15) is 0 Å². The van der Waals surface area contributed by atoms with Gasteiger partial charge in [-0.15, -0.1) is 11.3 Å². The molecule has 3 atom stereocenters. The van der Waals surface area contributed by atoms with Gasteiger partial charge in [-0.3, -0.25) is 4.90 Å². The third-order valence-corrected chi connectivity index (χ3v) is 7.55. The molecule has 3 aliphatic rings. The molecule has 122 valence electrons. The summed E-state index contributed by atoms with van der Waals surface area (Å²) in [5.74, 6) is 0.724. The summed E-state index contributed by atoms with van der Waals surface area (Å²) in [6.07, 6.45) is 3.70. The highest BCUT2D eigenvalue weighted by Crippen LogP contribution is 2.35. The first kappa shape index (κ1) is 15.0. The molecule has 0 radical (unpaired) electrons. The largest absolute Gasteiger partial charge is 0.376 e.